The summed E-state index contributed by atoms with van der Waals surface area (Å²) in [7, 11) is -3.53. The van der Waals surface area contributed by atoms with Crippen molar-refractivity contribution in [2.45, 2.75) is 16.9 Å². The molecule has 1 saturated heterocycles. The Hall–Kier alpha value is -0.960. The molecule has 0 aliphatic carbocycles. The topological polar surface area (TPSA) is 58.6 Å². The average molecular weight is 387 g/mol. The number of morpholine rings is 1. The van der Waals surface area contributed by atoms with Crippen LogP contribution in [0.25, 0.3) is 0 Å². The second-order valence-corrected chi connectivity index (χ2v) is 9.33. The number of rotatable bonds is 6. The predicted octanol–water partition coefficient (Wildman–Crippen LogP) is 2.58. The normalized spacial score (nSPS) is 19.5. The summed E-state index contributed by atoms with van der Waals surface area (Å²) in [5.41, 5.74) is 1.24. The molecule has 2 aromatic rings. The van der Waals surface area contributed by atoms with Crippen LogP contribution in [-0.4, -0.2) is 45.7 Å². The van der Waals surface area contributed by atoms with E-state index in [0.717, 1.165) is 24.4 Å². The van der Waals surface area contributed by atoms with Gasteiger partial charge in [0.1, 0.15) is 4.21 Å². The fourth-order valence-corrected chi connectivity index (χ4v) is 5.20. The number of thiophene rings is 1. The van der Waals surface area contributed by atoms with Crippen molar-refractivity contribution in [3.63, 3.8) is 0 Å². The second-order valence-electron chi connectivity index (χ2n) is 5.62. The van der Waals surface area contributed by atoms with Crippen molar-refractivity contribution < 1.29 is 13.2 Å². The third-order valence-corrected chi connectivity index (χ3v) is 6.93. The molecule has 0 radical (unpaired) electrons. The Morgan fingerprint density at radius 3 is 2.75 bits per heavy atom. The van der Waals surface area contributed by atoms with Crippen LogP contribution >= 0.6 is 22.9 Å². The molecule has 0 bridgehead atoms. The van der Waals surface area contributed by atoms with Crippen molar-refractivity contribution in [2.75, 3.05) is 26.2 Å². The smallest absolute Gasteiger partial charge is 0.250 e. The Kier molecular flexibility index (Phi) is 5.91. The highest BCUT2D eigenvalue weighted by atomic mass is 35.5. The summed E-state index contributed by atoms with van der Waals surface area (Å²) >= 11 is 6.85. The summed E-state index contributed by atoms with van der Waals surface area (Å²) in [5, 5.41) is 0. The van der Waals surface area contributed by atoms with Crippen molar-refractivity contribution >= 4 is 33.0 Å². The molecule has 1 aromatic heterocycles. The first-order valence-corrected chi connectivity index (χ1v) is 10.3. The maximum Gasteiger partial charge on any atom is 0.250 e. The molecule has 0 amide bonds. The third kappa shape index (κ3) is 4.78. The molecule has 1 atom stereocenters. The molecule has 0 saturated carbocycles. The monoisotopic (exact) mass is 386 g/mol. The van der Waals surface area contributed by atoms with Gasteiger partial charge in [-0.1, -0.05) is 41.9 Å². The highest BCUT2D eigenvalue weighted by molar-refractivity contribution is 7.91. The van der Waals surface area contributed by atoms with E-state index < -0.39 is 10.0 Å². The standard InChI is InChI=1S/C16H19ClN2O3S2/c17-15-6-7-16(23-15)24(20,21)18-10-14-12-19(8-9-22-14)11-13-4-2-1-3-5-13/h1-7,14,18H,8-12H2. The van der Waals surface area contributed by atoms with Crippen LogP contribution in [0.5, 0.6) is 0 Å². The minimum absolute atomic E-state index is 0.160. The first-order valence-electron chi connectivity index (χ1n) is 7.66. The van der Waals surface area contributed by atoms with E-state index >= 15 is 0 Å². The van der Waals surface area contributed by atoms with Gasteiger partial charge in [-0.2, -0.15) is 0 Å². The Bertz CT molecular complexity index is 765. The van der Waals surface area contributed by atoms with Gasteiger partial charge >= 0.3 is 0 Å². The molecule has 1 aliphatic rings. The van der Waals surface area contributed by atoms with Crippen molar-refractivity contribution in [2.24, 2.45) is 0 Å². The highest BCUT2D eigenvalue weighted by Crippen LogP contribution is 2.25. The van der Waals surface area contributed by atoms with Crippen molar-refractivity contribution in [3.05, 3.63) is 52.4 Å². The summed E-state index contributed by atoms with van der Waals surface area (Å²) in [4.78, 5) is 2.28. The van der Waals surface area contributed by atoms with E-state index in [9.17, 15) is 8.42 Å². The maximum absolute atomic E-state index is 12.2. The molecule has 130 valence electrons. The zero-order valence-corrected chi connectivity index (χ0v) is 15.4. The molecule has 3 rings (SSSR count). The summed E-state index contributed by atoms with van der Waals surface area (Å²) in [6.07, 6.45) is -0.160. The molecule has 1 fully saturated rings. The fourth-order valence-electron chi connectivity index (χ4n) is 2.61. The lowest BCUT2D eigenvalue weighted by atomic mass is 10.2. The highest BCUT2D eigenvalue weighted by Gasteiger charge is 2.23. The average Bonchev–Trinajstić information content (AvgIpc) is 3.02. The molecule has 1 unspecified atom stereocenters. The van der Waals surface area contributed by atoms with Gasteiger partial charge in [-0.05, 0) is 17.7 Å². The fraction of sp³-hybridized carbons (Fsp3) is 0.375. The van der Waals surface area contributed by atoms with Crippen LogP contribution in [-0.2, 0) is 21.3 Å². The lowest BCUT2D eigenvalue weighted by molar-refractivity contribution is -0.0276. The molecule has 1 N–H and O–H groups in total. The van der Waals surface area contributed by atoms with Gasteiger partial charge in [-0.15, -0.1) is 11.3 Å². The Labute approximate surface area is 151 Å². The number of halogens is 1. The number of ether oxygens (including phenoxy) is 1. The molecule has 5 nitrogen and oxygen atoms in total. The number of hydrogen-bond acceptors (Lipinski definition) is 5. The van der Waals surface area contributed by atoms with Gasteiger partial charge in [0, 0.05) is 26.2 Å². The van der Waals surface area contributed by atoms with Crippen LogP contribution in [0.3, 0.4) is 0 Å². The first-order chi connectivity index (χ1) is 11.5. The van der Waals surface area contributed by atoms with Gasteiger partial charge in [0.05, 0.1) is 17.0 Å². The number of sulfonamides is 1. The number of hydrogen-bond donors (Lipinski definition) is 1. The van der Waals surface area contributed by atoms with Crippen LogP contribution in [0.4, 0.5) is 0 Å². The van der Waals surface area contributed by atoms with E-state index in [2.05, 4.69) is 21.8 Å². The lowest BCUT2D eigenvalue weighted by Crippen LogP contribution is -2.47. The second kappa shape index (κ2) is 7.95. The van der Waals surface area contributed by atoms with Crippen molar-refractivity contribution in [1.82, 2.24) is 9.62 Å². The molecular weight excluding hydrogens is 368 g/mol. The predicted molar refractivity (Wildman–Crippen MR) is 96.0 cm³/mol. The first kappa shape index (κ1) is 17.8. The zero-order chi connectivity index (χ0) is 17.0. The molecular formula is C16H19ClN2O3S2. The molecule has 1 aliphatic heterocycles. The van der Waals surface area contributed by atoms with E-state index in [1.54, 1.807) is 6.07 Å². The van der Waals surface area contributed by atoms with E-state index in [0.29, 0.717) is 17.5 Å². The van der Waals surface area contributed by atoms with Crippen LogP contribution in [0.15, 0.2) is 46.7 Å². The molecule has 1 aromatic carbocycles. The van der Waals surface area contributed by atoms with Crippen molar-refractivity contribution in [1.29, 1.82) is 0 Å². The Morgan fingerprint density at radius 1 is 1.25 bits per heavy atom. The summed E-state index contributed by atoms with van der Waals surface area (Å²) in [6, 6.07) is 13.3. The van der Waals surface area contributed by atoms with Crippen LogP contribution in [0.1, 0.15) is 5.56 Å². The van der Waals surface area contributed by atoms with E-state index in [-0.39, 0.29) is 16.9 Å². The number of benzene rings is 1. The van der Waals surface area contributed by atoms with Gasteiger partial charge in [0.2, 0.25) is 10.0 Å². The van der Waals surface area contributed by atoms with Gasteiger partial charge in [0.25, 0.3) is 0 Å². The number of nitrogens with zero attached hydrogens (tertiary/aromatic N) is 1. The maximum atomic E-state index is 12.2. The number of nitrogens with one attached hydrogen (secondary N) is 1. The largest absolute Gasteiger partial charge is 0.374 e. The summed E-state index contributed by atoms with van der Waals surface area (Å²) in [6.45, 7) is 3.24. The van der Waals surface area contributed by atoms with Crippen LogP contribution in [0.2, 0.25) is 4.34 Å². The minimum atomic E-state index is -3.53. The molecule has 2 heterocycles. The minimum Gasteiger partial charge on any atom is -0.374 e. The Morgan fingerprint density at radius 2 is 2.04 bits per heavy atom. The van der Waals surface area contributed by atoms with Gasteiger partial charge in [-0.25, -0.2) is 13.1 Å². The zero-order valence-electron chi connectivity index (χ0n) is 13.0. The summed E-state index contributed by atoms with van der Waals surface area (Å²) in [5.74, 6) is 0. The van der Waals surface area contributed by atoms with Crippen LogP contribution < -0.4 is 4.72 Å². The van der Waals surface area contributed by atoms with Gasteiger partial charge in [0.15, 0.2) is 0 Å². The van der Waals surface area contributed by atoms with Gasteiger partial charge < -0.3 is 4.74 Å². The van der Waals surface area contributed by atoms with E-state index in [1.165, 1.54) is 11.6 Å². The van der Waals surface area contributed by atoms with E-state index in [4.69, 9.17) is 16.3 Å². The Balaban J connectivity index is 1.54. The van der Waals surface area contributed by atoms with Gasteiger partial charge in [-0.3, -0.25) is 4.90 Å². The quantitative estimate of drug-likeness (QED) is 0.829. The third-order valence-electron chi connectivity index (χ3n) is 3.79. The molecule has 24 heavy (non-hydrogen) atoms. The lowest BCUT2D eigenvalue weighted by Gasteiger charge is -2.33. The SMILES string of the molecule is O=S(=O)(NCC1CN(Cc2ccccc2)CCO1)c1ccc(Cl)s1. The van der Waals surface area contributed by atoms with E-state index in [1.807, 2.05) is 18.2 Å². The molecule has 0 spiro atoms. The molecule has 8 heteroatoms. The van der Waals surface area contributed by atoms with Crippen molar-refractivity contribution in [3.8, 4) is 0 Å². The summed E-state index contributed by atoms with van der Waals surface area (Å²) < 4.78 is 33.5. The van der Waals surface area contributed by atoms with Crippen LogP contribution in [0, 0.1) is 0 Å².